The molecular formula is C30H44O3. The van der Waals surface area contributed by atoms with Gasteiger partial charge in [-0.2, -0.15) is 0 Å². The Hall–Kier alpha value is -1.38. The fraction of sp³-hybridized carbons (Fsp3) is 0.800. The molecule has 1 N–H and O–H groups in total. The summed E-state index contributed by atoms with van der Waals surface area (Å²) in [6.07, 6.45) is 13.7. The molecule has 5 aliphatic rings. The number of rotatable bonds is 1. The monoisotopic (exact) mass is 452 g/mol. The molecule has 0 aromatic heterocycles. The van der Waals surface area contributed by atoms with Crippen molar-refractivity contribution in [1.29, 1.82) is 0 Å². The van der Waals surface area contributed by atoms with Gasteiger partial charge in [0.15, 0.2) is 5.78 Å². The number of ketones is 1. The quantitative estimate of drug-likeness (QED) is 0.433. The summed E-state index contributed by atoms with van der Waals surface area (Å²) in [6.45, 7) is 16.3. The highest BCUT2D eigenvalue weighted by Gasteiger charge is 2.70. The standard InChI is InChI=1S/C30H44O3/c1-18-9-13-26(3)15-16-29(6)20(23(26)19(18)2)17-21(31)24-27(4)11-8-12-28(5,25(32)33)22(27)10-14-30(24,29)7/h8,12,17-19,22-24H,9-11,13-16H2,1-7H3,(H,32,33)/t18-,19?,22?,23?,24?,26?,27?,28+,29-,30?/m1/s1. The van der Waals surface area contributed by atoms with E-state index in [0.29, 0.717) is 23.2 Å². The third kappa shape index (κ3) is 2.69. The topological polar surface area (TPSA) is 54.4 Å². The minimum Gasteiger partial charge on any atom is -0.481 e. The Kier molecular flexibility index (Phi) is 4.85. The van der Waals surface area contributed by atoms with Gasteiger partial charge in [0, 0.05) is 5.92 Å². The summed E-state index contributed by atoms with van der Waals surface area (Å²) in [6, 6.07) is 0. The van der Waals surface area contributed by atoms with Gasteiger partial charge in [-0.1, -0.05) is 59.3 Å². The van der Waals surface area contributed by atoms with E-state index < -0.39 is 11.4 Å². The van der Waals surface area contributed by atoms with Gasteiger partial charge in [0.1, 0.15) is 0 Å². The normalized spacial score (nSPS) is 55.5. The van der Waals surface area contributed by atoms with E-state index in [1.165, 1.54) is 24.8 Å². The second kappa shape index (κ2) is 6.85. The van der Waals surface area contributed by atoms with Crippen LogP contribution in [0.5, 0.6) is 0 Å². The van der Waals surface area contributed by atoms with Crippen LogP contribution in [0.1, 0.15) is 93.4 Å². The molecule has 0 heterocycles. The predicted molar refractivity (Wildman–Crippen MR) is 132 cm³/mol. The van der Waals surface area contributed by atoms with Crippen LogP contribution in [0, 0.1) is 56.7 Å². The van der Waals surface area contributed by atoms with E-state index >= 15 is 0 Å². The summed E-state index contributed by atoms with van der Waals surface area (Å²) >= 11 is 0. The van der Waals surface area contributed by atoms with Crippen LogP contribution in [0.25, 0.3) is 0 Å². The molecule has 0 aromatic carbocycles. The van der Waals surface area contributed by atoms with Gasteiger partial charge >= 0.3 is 5.97 Å². The van der Waals surface area contributed by atoms with Crippen LogP contribution in [-0.4, -0.2) is 16.9 Å². The van der Waals surface area contributed by atoms with E-state index in [1.54, 1.807) is 0 Å². The molecule has 182 valence electrons. The largest absolute Gasteiger partial charge is 0.481 e. The van der Waals surface area contributed by atoms with E-state index in [-0.39, 0.29) is 33.9 Å². The van der Waals surface area contributed by atoms with E-state index in [0.717, 1.165) is 25.7 Å². The predicted octanol–water partition coefficient (Wildman–Crippen LogP) is 7.07. The van der Waals surface area contributed by atoms with Crippen LogP contribution in [0.15, 0.2) is 23.8 Å². The van der Waals surface area contributed by atoms with E-state index in [2.05, 4.69) is 53.7 Å². The Morgan fingerprint density at radius 3 is 2.36 bits per heavy atom. The lowest BCUT2D eigenvalue weighted by Crippen LogP contribution is -2.65. The number of allylic oxidation sites excluding steroid dienone is 3. The van der Waals surface area contributed by atoms with Gasteiger partial charge in [0.2, 0.25) is 0 Å². The molecular weight excluding hydrogens is 408 g/mol. The third-order valence-electron chi connectivity index (χ3n) is 12.6. The van der Waals surface area contributed by atoms with Gasteiger partial charge < -0.3 is 5.11 Å². The molecule has 0 aromatic rings. The van der Waals surface area contributed by atoms with Crippen molar-refractivity contribution >= 4 is 11.8 Å². The molecule has 0 radical (unpaired) electrons. The molecule has 3 heteroatoms. The lowest BCUT2D eigenvalue weighted by molar-refractivity contribution is -0.183. The van der Waals surface area contributed by atoms with Crippen LogP contribution < -0.4 is 0 Å². The molecule has 33 heavy (non-hydrogen) atoms. The average molecular weight is 453 g/mol. The van der Waals surface area contributed by atoms with Gasteiger partial charge in [0.25, 0.3) is 0 Å². The maximum Gasteiger partial charge on any atom is 0.313 e. The van der Waals surface area contributed by atoms with Crippen LogP contribution in [0.3, 0.4) is 0 Å². The minimum atomic E-state index is -0.891. The fourth-order valence-corrected chi connectivity index (χ4v) is 10.2. The van der Waals surface area contributed by atoms with Gasteiger partial charge in [0.05, 0.1) is 5.41 Å². The van der Waals surface area contributed by atoms with Crippen LogP contribution in [-0.2, 0) is 9.59 Å². The molecule has 3 fully saturated rings. The first-order valence-corrected chi connectivity index (χ1v) is 13.4. The number of fused-ring (bicyclic) bond motifs is 7. The highest BCUT2D eigenvalue weighted by Crippen LogP contribution is 2.74. The summed E-state index contributed by atoms with van der Waals surface area (Å²) in [5, 5.41) is 10.2. The first-order valence-electron chi connectivity index (χ1n) is 13.4. The lowest BCUT2D eigenvalue weighted by Gasteiger charge is -2.69. The van der Waals surface area contributed by atoms with E-state index in [1.807, 2.05) is 13.0 Å². The van der Waals surface area contributed by atoms with Crippen molar-refractivity contribution in [3.8, 4) is 0 Å². The second-order valence-electron chi connectivity index (χ2n) is 14.0. The lowest BCUT2D eigenvalue weighted by atomic mass is 9.34. The highest BCUT2D eigenvalue weighted by molar-refractivity contribution is 5.96. The summed E-state index contributed by atoms with van der Waals surface area (Å²) in [4.78, 5) is 26.6. The second-order valence-corrected chi connectivity index (χ2v) is 14.0. The number of carbonyl (C=O) groups excluding carboxylic acids is 1. The number of aliphatic carboxylic acids is 1. The van der Waals surface area contributed by atoms with Crippen molar-refractivity contribution in [3.63, 3.8) is 0 Å². The van der Waals surface area contributed by atoms with Crippen molar-refractivity contribution in [2.75, 3.05) is 0 Å². The highest BCUT2D eigenvalue weighted by atomic mass is 16.4. The van der Waals surface area contributed by atoms with E-state index in [9.17, 15) is 14.7 Å². The van der Waals surface area contributed by atoms with Gasteiger partial charge in [-0.05, 0) is 103 Å². The maximum atomic E-state index is 14.2. The Bertz CT molecular complexity index is 962. The van der Waals surface area contributed by atoms with Crippen LogP contribution in [0.4, 0.5) is 0 Å². The zero-order valence-electron chi connectivity index (χ0n) is 21.8. The molecule has 5 rings (SSSR count). The fourth-order valence-electron chi connectivity index (χ4n) is 10.2. The number of hydrogen-bond acceptors (Lipinski definition) is 2. The molecule has 0 bridgehead atoms. The van der Waals surface area contributed by atoms with Gasteiger partial charge in [-0.3, -0.25) is 9.59 Å². The van der Waals surface area contributed by atoms with Crippen molar-refractivity contribution in [2.45, 2.75) is 93.4 Å². The number of hydrogen-bond donors (Lipinski definition) is 1. The van der Waals surface area contributed by atoms with Crippen LogP contribution >= 0.6 is 0 Å². The Labute approximate surface area is 200 Å². The van der Waals surface area contributed by atoms with Gasteiger partial charge in [-0.15, -0.1) is 0 Å². The minimum absolute atomic E-state index is 0.00411. The number of carboxylic acids is 1. The van der Waals surface area contributed by atoms with E-state index in [4.69, 9.17) is 0 Å². The zero-order valence-corrected chi connectivity index (χ0v) is 21.8. The molecule has 5 aliphatic carbocycles. The van der Waals surface area contributed by atoms with Gasteiger partial charge in [-0.25, -0.2) is 0 Å². The van der Waals surface area contributed by atoms with Crippen molar-refractivity contribution in [1.82, 2.24) is 0 Å². The SMILES string of the molecule is CC1C2C3=CC(=O)C4C5(C)CC=C[C@](C)(C(=O)O)C5CCC4(C)[C@]3(C)CCC2(C)CC[C@H]1C. The molecule has 0 amide bonds. The number of carbonyl (C=O) groups is 2. The summed E-state index contributed by atoms with van der Waals surface area (Å²) in [5.74, 6) is 1.21. The van der Waals surface area contributed by atoms with Crippen molar-refractivity contribution in [2.24, 2.45) is 56.7 Å². The smallest absolute Gasteiger partial charge is 0.313 e. The molecule has 10 atom stereocenters. The molecule has 0 saturated heterocycles. The molecule has 0 aliphatic heterocycles. The Balaban J connectivity index is 1.66. The Morgan fingerprint density at radius 2 is 1.70 bits per heavy atom. The summed E-state index contributed by atoms with van der Waals surface area (Å²) < 4.78 is 0. The average Bonchev–Trinajstić information content (AvgIpc) is 2.72. The molecule has 0 spiro atoms. The first kappa shape index (κ1) is 23.4. The third-order valence-corrected chi connectivity index (χ3v) is 12.6. The maximum absolute atomic E-state index is 14.2. The summed E-state index contributed by atoms with van der Waals surface area (Å²) in [7, 11) is 0. The molecule has 3 nitrogen and oxygen atoms in total. The molecule has 3 saturated carbocycles. The van der Waals surface area contributed by atoms with Crippen molar-refractivity contribution < 1.29 is 14.7 Å². The zero-order chi connectivity index (χ0) is 24.2. The Morgan fingerprint density at radius 1 is 1.00 bits per heavy atom. The number of carboxylic acid groups (broad SMARTS) is 1. The molecule has 7 unspecified atom stereocenters. The van der Waals surface area contributed by atoms with Crippen LogP contribution in [0.2, 0.25) is 0 Å². The van der Waals surface area contributed by atoms with Crippen molar-refractivity contribution in [3.05, 3.63) is 23.8 Å². The first-order chi connectivity index (χ1) is 15.2. The summed E-state index contributed by atoms with van der Waals surface area (Å²) in [5.41, 5.74) is 0.438.